The van der Waals surface area contributed by atoms with E-state index in [0.717, 1.165) is 21.6 Å². The normalized spacial score (nSPS) is 11.3. The maximum absolute atomic E-state index is 12.7. The van der Waals surface area contributed by atoms with E-state index in [9.17, 15) is 19.2 Å². The van der Waals surface area contributed by atoms with Gasteiger partial charge in [0, 0.05) is 33.8 Å². The molecule has 0 heterocycles. The third-order valence-corrected chi connectivity index (χ3v) is 4.83. The Morgan fingerprint density at radius 2 is 1.39 bits per heavy atom. The third kappa shape index (κ3) is 5.67. The van der Waals surface area contributed by atoms with E-state index in [-0.39, 0.29) is 11.5 Å². The SMILES string of the molecule is CNC(=O)C(C(=O)NO)N(C)C(=O)c1ccc(-c2ccc(CC(=O)N(C)C)cc2)cc1. The van der Waals surface area contributed by atoms with E-state index < -0.39 is 23.8 Å². The van der Waals surface area contributed by atoms with Crippen LogP contribution in [0.5, 0.6) is 0 Å². The van der Waals surface area contributed by atoms with Crippen molar-refractivity contribution >= 4 is 23.6 Å². The fourth-order valence-electron chi connectivity index (χ4n) is 2.94. The molecule has 0 aliphatic carbocycles. The highest BCUT2D eigenvalue weighted by atomic mass is 16.5. The summed E-state index contributed by atoms with van der Waals surface area (Å²) in [6, 6.07) is 12.7. The van der Waals surface area contributed by atoms with Crippen LogP contribution in [-0.2, 0) is 20.8 Å². The van der Waals surface area contributed by atoms with Gasteiger partial charge in [-0.15, -0.1) is 0 Å². The van der Waals surface area contributed by atoms with Crippen LogP contribution >= 0.6 is 0 Å². The summed E-state index contributed by atoms with van der Waals surface area (Å²) >= 11 is 0. The number of carbonyl (C=O) groups is 4. The molecule has 164 valence electrons. The molecule has 2 aromatic carbocycles. The van der Waals surface area contributed by atoms with Gasteiger partial charge in [0.1, 0.15) is 0 Å². The average molecular weight is 426 g/mol. The molecule has 31 heavy (non-hydrogen) atoms. The highest BCUT2D eigenvalue weighted by molar-refractivity contribution is 6.08. The van der Waals surface area contributed by atoms with Crippen LogP contribution < -0.4 is 10.8 Å². The number of amides is 4. The van der Waals surface area contributed by atoms with Crippen molar-refractivity contribution in [3.63, 3.8) is 0 Å². The summed E-state index contributed by atoms with van der Waals surface area (Å²) in [5, 5.41) is 11.2. The molecular weight excluding hydrogens is 400 g/mol. The molecule has 2 rings (SSSR count). The molecule has 1 unspecified atom stereocenters. The summed E-state index contributed by atoms with van der Waals surface area (Å²) in [4.78, 5) is 50.8. The molecule has 0 spiro atoms. The molecule has 4 amide bonds. The van der Waals surface area contributed by atoms with Crippen LogP contribution in [-0.4, -0.2) is 72.9 Å². The van der Waals surface area contributed by atoms with Crippen LogP contribution in [0.15, 0.2) is 48.5 Å². The van der Waals surface area contributed by atoms with E-state index in [1.54, 1.807) is 43.3 Å². The zero-order chi connectivity index (χ0) is 23.1. The van der Waals surface area contributed by atoms with Crippen molar-refractivity contribution in [3.8, 4) is 11.1 Å². The first-order chi connectivity index (χ1) is 14.7. The first kappa shape index (κ1) is 23.6. The molecule has 0 saturated heterocycles. The van der Waals surface area contributed by atoms with Crippen molar-refractivity contribution in [2.24, 2.45) is 0 Å². The first-order valence-corrected chi connectivity index (χ1v) is 9.51. The lowest BCUT2D eigenvalue weighted by atomic mass is 10.0. The molecular formula is C22H26N4O5. The Morgan fingerprint density at radius 3 is 1.84 bits per heavy atom. The smallest absolute Gasteiger partial charge is 0.275 e. The van der Waals surface area contributed by atoms with Gasteiger partial charge in [-0.3, -0.25) is 24.4 Å². The Morgan fingerprint density at radius 1 is 0.871 bits per heavy atom. The van der Waals surface area contributed by atoms with Crippen LogP contribution in [0.3, 0.4) is 0 Å². The molecule has 9 nitrogen and oxygen atoms in total. The van der Waals surface area contributed by atoms with Gasteiger partial charge in [-0.25, -0.2) is 5.48 Å². The number of rotatable bonds is 7. The Balaban J connectivity index is 2.17. The van der Waals surface area contributed by atoms with E-state index in [2.05, 4.69) is 5.32 Å². The number of likely N-dealkylation sites (N-methyl/N-ethyl adjacent to an activating group) is 3. The Bertz CT molecular complexity index is 939. The molecule has 0 fully saturated rings. The summed E-state index contributed by atoms with van der Waals surface area (Å²) in [6.07, 6.45) is 0.320. The summed E-state index contributed by atoms with van der Waals surface area (Å²) in [7, 11) is 6.06. The Kier molecular flexibility index (Phi) is 7.87. The quantitative estimate of drug-likeness (QED) is 0.342. The zero-order valence-electron chi connectivity index (χ0n) is 17.9. The largest absolute Gasteiger partial charge is 0.357 e. The maximum atomic E-state index is 12.7. The van der Waals surface area contributed by atoms with E-state index in [4.69, 9.17) is 5.21 Å². The van der Waals surface area contributed by atoms with Crippen molar-refractivity contribution in [1.29, 1.82) is 0 Å². The summed E-state index contributed by atoms with van der Waals surface area (Å²) in [5.41, 5.74) is 4.36. The lowest BCUT2D eigenvalue weighted by Crippen LogP contribution is -2.54. The fourth-order valence-corrected chi connectivity index (χ4v) is 2.94. The summed E-state index contributed by atoms with van der Waals surface area (Å²) < 4.78 is 0. The number of hydrogen-bond donors (Lipinski definition) is 3. The number of benzene rings is 2. The summed E-state index contributed by atoms with van der Waals surface area (Å²) in [6.45, 7) is 0. The van der Waals surface area contributed by atoms with Gasteiger partial charge in [-0.2, -0.15) is 0 Å². The number of hydrogen-bond acceptors (Lipinski definition) is 5. The van der Waals surface area contributed by atoms with E-state index in [0.29, 0.717) is 6.42 Å². The number of nitrogens with zero attached hydrogens (tertiary/aromatic N) is 2. The number of nitrogens with one attached hydrogen (secondary N) is 2. The minimum atomic E-state index is -1.51. The van der Waals surface area contributed by atoms with Crippen molar-refractivity contribution in [3.05, 3.63) is 59.7 Å². The van der Waals surface area contributed by atoms with Crippen LogP contribution in [0.2, 0.25) is 0 Å². The third-order valence-electron chi connectivity index (χ3n) is 4.83. The molecule has 0 aliphatic heterocycles. The zero-order valence-corrected chi connectivity index (χ0v) is 17.9. The molecule has 9 heteroatoms. The highest BCUT2D eigenvalue weighted by Crippen LogP contribution is 2.21. The van der Waals surface area contributed by atoms with E-state index in [1.165, 1.54) is 19.6 Å². The van der Waals surface area contributed by atoms with Gasteiger partial charge in [0.05, 0.1) is 6.42 Å². The molecule has 3 N–H and O–H groups in total. The van der Waals surface area contributed by atoms with Gasteiger partial charge in [0.25, 0.3) is 17.7 Å². The minimum absolute atomic E-state index is 0.0182. The van der Waals surface area contributed by atoms with Crippen molar-refractivity contribution < 1.29 is 24.4 Å². The fraction of sp³-hybridized carbons (Fsp3) is 0.273. The summed E-state index contributed by atoms with van der Waals surface area (Å²) in [5.74, 6) is -2.28. The van der Waals surface area contributed by atoms with Gasteiger partial charge < -0.3 is 15.1 Å². The van der Waals surface area contributed by atoms with Crippen molar-refractivity contribution in [1.82, 2.24) is 20.6 Å². The van der Waals surface area contributed by atoms with Crippen LogP contribution in [0, 0.1) is 0 Å². The van der Waals surface area contributed by atoms with E-state index in [1.807, 2.05) is 24.3 Å². The molecule has 1 atom stereocenters. The number of hydroxylamine groups is 1. The minimum Gasteiger partial charge on any atom is -0.357 e. The van der Waals surface area contributed by atoms with Gasteiger partial charge in [-0.05, 0) is 28.8 Å². The monoisotopic (exact) mass is 426 g/mol. The van der Waals surface area contributed by atoms with Gasteiger partial charge >= 0.3 is 0 Å². The second kappa shape index (κ2) is 10.4. The van der Waals surface area contributed by atoms with Crippen LogP contribution in [0.1, 0.15) is 15.9 Å². The predicted octanol–water partition coefficient (Wildman–Crippen LogP) is 0.676. The van der Waals surface area contributed by atoms with Gasteiger partial charge in [0.15, 0.2) is 6.04 Å². The predicted molar refractivity (Wildman–Crippen MR) is 114 cm³/mol. The topological polar surface area (TPSA) is 119 Å². The van der Waals surface area contributed by atoms with E-state index >= 15 is 0 Å². The van der Waals surface area contributed by atoms with Gasteiger partial charge in [0.2, 0.25) is 5.91 Å². The second-order valence-electron chi connectivity index (χ2n) is 7.15. The van der Waals surface area contributed by atoms with Crippen molar-refractivity contribution in [2.45, 2.75) is 12.5 Å². The lowest BCUT2D eigenvalue weighted by Gasteiger charge is -2.25. The average Bonchev–Trinajstić information content (AvgIpc) is 2.78. The lowest BCUT2D eigenvalue weighted by molar-refractivity contribution is -0.140. The van der Waals surface area contributed by atoms with Crippen LogP contribution in [0.4, 0.5) is 0 Å². The highest BCUT2D eigenvalue weighted by Gasteiger charge is 2.33. The molecule has 0 aliphatic rings. The molecule has 0 bridgehead atoms. The molecule has 2 aromatic rings. The maximum Gasteiger partial charge on any atom is 0.275 e. The second-order valence-corrected chi connectivity index (χ2v) is 7.15. The molecule has 0 radical (unpaired) electrons. The van der Waals surface area contributed by atoms with Crippen molar-refractivity contribution in [2.75, 3.05) is 28.2 Å². The molecule has 0 aromatic heterocycles. The Labute approximate surface area is 180 Å². The molecule has 0 saturated carbocycles. The van der Waals surface area contributed by atoms with Crippen LogP contribution in [0.25, 0.3) is 11.1 Å². The first-order valence-electron chi connectivity index (χ1n) is 9.51. The Hall–Kier alpha value is -3.72. The van der Waals surface area contributed by atoms with Gasteiger partial charge in [-0.1, -0.05) is 36.4 Å². The number of carbonyl (C=O) groups excluding carboxylic acids is 4. The standard InChI is InChI=1S/C22H26N4O5/c1-23-20(28)19(21(29)24-31)26(4)22(30)17-11-9-16(10-12-17)15-7-5-14(6-8-15)13-18(27)25(2)3/h5-12,19,31H,13H2,1-4H3,(H,23,28)(H,24,29).